The maximum Gasteiger partial charge on any atom is 0.410 e. The maximum absolute atomic E-state index is 12.0. The van der Waals surface area contributed by atoms with Crippen molar-refractivity contribution in [2.75, 3.05) is 52.4 Å². The van der Waals surface area contributed by atoms with Crippen LogP contribution in [-0.2, 0) is 4.74 Å². The van der Waals surface area contributed by atoms with Gasteiger partial charge < -0.3 is 24.8 Å². The van der Waals surface area contributed by atoms with Crippen molar-refractivity contribution in [3.05, 3.63) is 0 Å². The molecule has 4 saturated heterocycles. The molecule has 4 aliphatic heterocycles. The number of hydrogen-bond donors (Lipinski definition) is 1. The number of carbonyl (C=O) groups excluding carboxylic acids is 1. The van der Waals surface area contributed by atoms with Gasteiger partial charge in [-0.15, -0.1) is 0 Å². The van der Waals surface area contributed by atoms with Crippen LogP contribution in [0.2, 0.25) is 0 Å². The molecule has 0 bridgehead atoms. The molecule has 0 unspecified atom stereocenters. The minimum absolute atomic E-state index is 0.146. The highest BCUT2D eigenvalue weighted by atomic mass is 16.6. The van der Waals surface area contributed by atoms with Crippen molar-refractivity contribution in [3.8, 4) is 0 Å². The van der Waals surface area contributed by atoms with Gasteiger partial charge in [0.25, 0.3) is 0 Å². The summed E-state index contributed by atoms with van der Waals surface area (Å²) < 4.78 is 5.45. The van der Waals surface area contributed by atoms with E-state index in [-0.39, 0.29) is 6.09 Å². The molecule has 4 rings (SSSR count). The topological polar surface area (TPSA) is 48.1 Å². The third kappa shape index (κ3) is 9.73. The second-order valence-electron chi connectivity index (χ2n) is 11.6. The predicted octanol–water partition coefficient (Wildman–Crippen LogP) is 4.88. The summed E-state index contributed by atoms with van der Waals surface area (Å²) in [6.45, 7) is 15.2. The molecule has 0 aromatic rings. The van der Waals surface area contributed by atoms with Crippen LogP contribution in [0.15, 0.2) is 0 Å². The lowest BCUT2D eigenvalue weighted by atomic mass is 10.0. The molecule has 4 heterocycles. The van der Waals surface area contributed by atoms with Gasteiger partial charge in [-0.25, -0.2) is 4.79 Å². The van der Waals surface area contributed by atoms with Crippen molar-refractivity contribution in [2.24, 2.45) is 0 Å². The molecule has 192 valence electrons. The Morgan fingerprint density at radius 2 is 1.09 bits per heavy atom. The number of carbonyl (C=O) groups is 1. The molecule has 0 radical (unpaired) electrons. The Balaban J connectivity index is 0.000000203. The SMILES string of the molecule is C1CCCN(C2CCNCC2)CC1.CC(C)(C)OC(=O)N1CCC(N2CCCCCC2)CC1. The van der Waals surface area contributed by atoms with Crippen molar-refractivity contribution in [1.29, 1.82) is 0 Å². The zero-order valence-corrected chi connectivity index (χ0v) is 22.0. The van der Waals surface area contributed by atoms with E-state index in [0.717, 1.165) is 32.0 Å². The molecule has 0 aliphatic carbocycles. The van der Waals surface area contributed by atoms with Crippen LogP contribution in [0.3, 0.4) is 0 Å². The summed E-state index contributed by atoms with van der Waals surface area (Å²) in [5, 5.41) is 3.44. The number of piperidine rings is 2. The van der Waals surface area contributed by atoms with Crippen LogP contribution in [0, 0.1) is 0 Å². The standard InChI is InChI=1S/C16H30N2O2.C11H22N2/c1-16(2,3)20-15(19)18-12-8-14(9-13-18)17-10-6-4-5-7-11-17;1-2-4-10-13(9-3-1)11-5-7-12-8-6-11/h14H,4-13H2,1-3H3;11-12H,1-10H2. The van der Waals surface area contributed by atoms with Gasteiger partial charge in [0.1, 0.15) is 5.60 Å². The number of likely N-dealkylation sites (tertiary alicyclic amines) is 3. The number of nitrogens with zero attached hydrogens (tertiary/aromatic N) is 3. The van der Waals surface area contributed by atoms with Crippen molar-refractivity contribution < 1.29 is 9.53 Å². The van der Waals surface area contributed by atoms with Crippen LogP contribution < -0.4 is 5.32 Å². The molecule has 0 aromatic heterocycles. The Kier molecular flexibility index (Phi) is 11.3. The van der Waals surface area contributed by atoms with Crippen LogP contribution >= 0.6 is 0 Å². The Labute approximate surface area is 203 Å². The summed E-state index contributed by atoms with van der Waals surface area (Å²) in [4.78, 5) is 19.3. The van der Waals surface area contributed by atoms with E-state index < -0.39 is 5.60 Å². The molecule has 1 N–H and O–H groups in total. The number of ether oxygens (including phenoxy) is 1. The molecule has 0 spiro atoms. The maximum atomic E-state index is 12.0. The minimum Gasteiger partial charge on any atom is -0.444 e. The van der Waals surface area contributed by atoms with E-state index >= 15 is 0 Å². The highest BCUT2D eigenvalue weighted by Crippen LogP contribution is 2.22. The fraction of sp³-hybridized carbons (Fsp3) is 0.963. The van der Waals surface area contributed by atoms with Crippen molar-refractivity contribution in [2.45, 2.75) is 116 Å². The van der Waals surface area contributed by atoms with Crippen LogP contribution in [-0.4, -0.2) is 90.8 Å². The molecular weight excluding hydrogens is 412 g/mol. The van der Waals surface area contributed by atoms with E-state index in [1.165, 1.54) is 103 Å². The lowest BCUT2D eigenvalue weighted by Gasteiger charge is -2.38. The van der Waals surface area contributed by atoms with Gasteiger partial charge in [0.15, 0.2) is 0 Å². The molecule has 0 atom stereocenters. The fourth-order valence-electron chi connectivity index (χ4n) is 5.83. The Hall–Kier alpha value is -0.850. The van der Waals surface area contributed by atoms with E-state index in [1.54, 1.807) is 0 Å². The van der Waals surface area contributed by atoms with Gasteiger partial charge >= 0.3 is 6.09 Å². The zero-order chi connectivity index (χ0) is 23.5. The molecule has 0 saturated carbocycles. The first-order chi connectivity index (χ1) is 15.9. The molecule has 0 aromatic carbocycles. The van der Waals surface area contributed by atoms with E-state index in [0.29, 0.717) is 6.04 Å². The quantitative estimate of drug-likeness (QED) is 0.631. The van der Waals surface area contributed by atoms with Gasteiger partial charge in [-0.2, -0.15) is 0 Å². The van der Waals surface area contributed by atoms with Gasteiger partial charge in [0.2, 0.25) is 0 Å². The van der Waals surface area contributed by atoms with E-state index in [1.807, 2.05) is 25.7 Å². The van der Waals surface area contributed by atoms with Crippen LogP contribution in [0.1, 0.15) is 97.8 Å². The van der Waals surface area contributed by atoms with Crippen molar-refractivity contribution in [1.82, 2.24) is 20.0 Å². The first kappa shape index (κ1) is 26.7. The Bertz CT molecular complexity index is 535. The van der Waals surface area contributed by atoms with Crippen molar-refractivity contribution in [3.63, 3.8) is 0 Å². The lowest BCUT2D eigenvalue weighted by molar-refractivity contribution is 0.0145. The second-order valence-corrected chi connectivity index (χ2v) is 11.6. The van der Waals surface area contributed by atoms with Gasteiger partial charge in [0.05, 0.1) is 0 Å². The predicted molar refractivity (Wildman–Crippen MR) is 137 cm³/mol. The third-order valence-electron chi connectivity index (χ3n) is 7.74. The van der Waals surface area contributed by atoms with Gasteiger partial charge in [-0.1, -0.05) is 25.7 Å². The minimum atomic E-state index is -0.390. The molecule has 6 nitrogen and oxygen atoms in total. The summed E-state index contributed by atoms with van der Waals surface area (Å²) in [6, 6.07) is 1.58. The Morgan fingerprint density at radius 1 is 0.667 bits per heavy atom. The van der Waals surface area contributed by atoms with Gasteiger partial charge in [-0.05, 0) is 111 Å². The Morgan fingerprint density at radius 3 is 1.52 bits per heavy atom. The summed E-state index contributed by atoms with van der Waals surface area (Å²) in [7, 11) is 0. The first-order valence-corrected chi connectivity index (χ1v) is 14.1. The summed E-state index contributed by atoms with van der Waals surface area (Å²) >= 11 is 0. The van der Waals surface area contributed by atoms with E-state index in [9.17, 15) is 4.79 Å². The molecule has 4 fully saturated rings. The van der Waals surface area contributed by atoms with Crippen LogP contribution in [0.5, 0.6) is 0 Å². The average Bonchev–Trinajstić information content (AvgIpc) is 3.25. The highest BCUT2D eigenvalue weighted by Gasteiger charge is 2.29. The number of hydrogen-bond acceptors (Lipinski definition) is 5. The summed E-state index contributed by atoms with van der Waals surface area (Å²) in [5.41, 5.74) is -0.390. The van der Waals surface area contributed by atoms with Gasteiger partial charge in [0, 0.05) is 25.2 Å². The summed E-state index contributed by atoms with van der Waals surface area (Å²) in [5.74, 6) is 0. The monoisotopic (exact) mass is 464 g/mol. The number of nitrogens with one attached hydrogen (secondary N) is 1. The van der Waals surface area contributed by atoms with E-state index in [4.69, 9.17) is 4.74 Å². The van der Waals surface area contributed by atoms with Gasteiger partial charge in [-0.3, -0.25) is 0 Å². The smallest absolute Gasteiger partial charge is 0.410 e. The third-order valence-corrected chi connectivity index (χ3v) is 7.74. The zero-order valence-electron chi connectivity index (χ0n) is 22.0. The second kappa shape index (κ2) is 13.9. The molecule has 4 aliphatic rings. The molecule has 1 amide bonds. The number of rotatable bonds is 2. The lowest BCUT2D eigenvalue weighted by Crippen LogP contribution is -2.48. The first-order valence-electron chi connectivity index (χ1n) is 14.1. The highest BCUT2D eigenvalue weighted by molar-refractivity contribution is 5.68. The largest absolute Gasteiger partial charge is 0.444 e. The fourth-order valence-corrected chi connectivity index (χ4v) is 5.83. The molecule has 6 heteroatoms. The molecular formula is C27H52N4O2. The summed E-state index contributed by atoms with van der Waals surface area (Å²) in [6.07, 6.45) is 16.0. The normalized spacial score (nSPS) is 25.5. The van der Waals surface area contributed by atoms with Crippen molar-refractivity contribution >= 4 is 6.09 Å². The average molecular weight is 465 g/mol. The van der Waals surface area contributed by atoms with Crippen LogP contribution in [0.25, 0.3) is 0 Å². The number of amides is 1. The van der Waals surface area contributed by atoms with Crippen LogP contribution in [0.4, 0.5) is 4.79 Å². The molecule has 33 heavy (non-hydrogen) atoms. The van der Waals surface area contributed by atoms with E-state index in [2.05, 4.69) is 15.1 Å².